The highest BCUT2D eigenvalue weighted by Crippen LogP contribution is 2.16. The molecule has 0 atom stereocenters. The number of likely N-dealkylation sites (N-methyl/N-ethyl adjacent to an activating group) is 1. The predicted molar refractivity (Wildman–Crippen MR) is 70.8 cm³/mol. The average molecular weight is 261 g/mol. The molecule has 1 aromatic rings. The molecular formula is C14H16FN3O. The van der Waals surface area contributed by atoms with E-state index in [2.05, 4.69) is 11.8 Å². The Kier molecular flexibility index (Phi) is 4.03. The number of hydrogen-bond acceptors (Lipinski definition) is 2. The first-order chi connectivity index (χ1) is 9.11. The topological polar surface area (TPSA) is 49.6 Å². The van der Waals surface area contributed by atoms with Crippen molar-refractivity contribution in [2.45, 2.75) is 6.54 Å². The van der Waals surface area contributed by atoms with E-state index >= 15 is 0 Å². The quantitative estimate of drug-likeness (QED) is 0.808. The first-order valence-electron chi connectivity index (χ1n) is 6.09. The van der Waals surface area contributed by atoms with E-state index in [0.717, 1.165) is 5.56 Å². The number of hydrogen-bond donors (Lipinski definition) is 1. The number of nitrogens with zero attached hydrogens (tertiary/aromatic N) is 2. The highest BCUT2D eigenvalue weighted by atomic mass is 19.1. The Morgan fingerprint density at radius 2 is 2.21 bits per heavy atom. The highest BCUT2D eigenvalue weighted by molar-refractivity contribution is 5.76. The van der Waals surface area contributed by atoms with Gasteiger partial charge in [-0.2, -0.15) is 0 Å². The van der Waals surface area contributed by atoms with Gasteiger partial charge in [0, 0.05) is 32.2 Å². The number of urea groups is 1. The zero-order valence-corrected chi connectivity index (χ0v) is 10.8. The molecule has 0 spiro atoms. The fourth-order valence-corrected chi connectivity index (χ4v) is 2.00. The fourth-order valence-electron chi connectivity index (χ4n) is 2.00. The summed E-state index contributed by atoms with van der Waals surface area (Å²) < 4.78 is 13.2. The number of halogens is 1. The van der Waals surface area contributed by atoms with Crippen LogP contribution >= 0.6 is 0 Å². The Bertz CT molecular complexity index is 547. The summed E-state index contributed by atoms with van der Waals surface area (Å²) in [5.74, 6) is 5.22. The van der Waals surface area contributed by atoms with Crippen LogP contribution in [0.2, 0.25) is 0 Å². The van der Waals surface area contributed by atoms with Crippen LogP contribution in [0.25, 0.3) is 0 Å². The maximum atomic E-state index is 13.2. The molecule has 0 unspecified atom stereocenters. The Labute approximate surface area is 112 Å². The molecule has 1 heterocycles. The van der Waals surface area contributed by atoms with Gasteiger partial charge in [0.05, 0.1) is 6.54 Å². The van der Waals surface area contributed by atoms with Crippen LogP contribution in [-0.4, -0.2) is 42.5 Å². The molecule has 2 N–H and O–H groups in total. The average Bonchev–Trinajstić information content (AvgIpc) is 2.71. The van der Waals surface area contributed by atoms with Gasteiger partial charge >= 0.3 is 6.03 Å². The summed E-state index contributed by atoms with van der Waals surface area (Å²) in [5.41, 5.74) is 6.76. The van der Waals surface area contributed by atoms with Crippen LogP contribution < -0.4 is 5.73 Å². The van der Waals surface area contributed by atoms with E-state index in [-0.39, 0.29) is 18.4 Å². The molecule has 19 heavy (non-hydrogen) atoms. The molecule has 100 valence electrons. The third kappa shape index (κ3) is 3.04. The van der Waals surface area contributed by atoms with Gasteiger partial charge in [0.25, 0.3) is 0 Å². The van der Waals surface area contributed by atoms with Crippen molar-refractivity contribution >= 4 is 6.03 Å². The van der Waals surface area contributed by atoms with E-state index in [9.17, 15) is 9.18 Å². The van der Waals surface area contributed by atoms with Gasteiger partial charge in [-0.3, -0.25) is 0 Å². The number of amides is 2. The maximum absolute atomic E-state index is 13.2. The summed E-state index contributed by atoms with van der Waals surface area (Å²) in [6.07, 6.45) is 0. The summed E-state index contributed by atoms with van der Waals surface area (Å²) in [5, 5.41) is 0. The first-order valence-corrected chi connectivity index (χ1v) is 6.09. The van der Waals surface area contributed by atoms with E-state index in [1.807, 2.05) is 0 Å². The lowest BCUT2D eigenvalue weighted by atomic mass is 10.1. The van der Waals surface area contributed by atoms with Gasteiger partial charge in [0.15, 0.2) is 0 Å². The largest absolute Gasteiger partial charge is 0.326 e. The second-order valence-electron chi connectivity index (χ2n) is 4.43. The van der Waals surface area contributed by atoms with Crippen LogP contribution in [0, 0.1) is 17.7 Å². The lowest BCUT2D eigenvalue weighted by Crippen LogP contribution is -2.29. The van der Waals surface area contributed by atoms with Crippen molar-refractivity contribution in [2.75, 3.05) is 26.7 Å². The second-order valence-corrected chi connectivity index (χ2v) is 4.43. The Morgan fingerprint density at radius 3 is 2.84 bits per heavy atom. The fraction of sp³-hybridized carbons (Fsp3) is 0.357. The highest BCUT2D eigenvalue weighted by Gasteiger charge is 2.25. The molecule has 1 fully saturated rings. The van der Waals surface area contributed by atoms with Crippen LogP contribution in [0.3, 0.4) is 0 Å². The van der Waals surface area contributed by atoms with Crippen molar-refractivity contribution in [1.82, 2.24) is 9.80 Å². The first kappa shape index (κ1) is 13.4. The van der Waals surface area contributed by atoms with Crippen LogP contribution in [0.15, 0.2) is 18.2 Å². The smallest absolute Gasteiger partial charge is 0.320 e. The van der Waals surface area contributed by atoms with Crippen LogP contribution in [0.4, 0.5) is 9.18 Å². The van der Waals surface area contributed by atoms with E-state index < -0.39 is 0 Å². The maximum Gasteiger partial charge on any atom is 0.320 e. The summed E-state index contributed by atoms with van der Waals surface area (Å²) in [6, 6.07) is 4.42. The molecule has 2 rings (SSSR count). The molecular weight excluding hydrogens is 245 g/mol. The third-order valence-electron chi connectivity index (χ3n) is 3.06. The van der Waals surface area contributed by atoms with Gasteiger partial charge in [-0.25, -0.2) is 9.18 Å². The van der Waals surface area contributed by atoms with Gasteiger partial charge in [0.2, 0.25) is 0 Å². The van der Waals surface area contributed by atoms with Gasteiger partial charge < -0.3 is 15.5 Å². The van der Waals surface area contributed by atoms with Crippen molar-refractivity contribution < 1.29 is 9.18 Å². The van der Waals surface area contributed by atoms with E-state index in [1.165, 1.54) is 12.1 Å². The van der Waals surface area contributed by atoms with Crippen molar-refractivity contribution in [3.63, 3.8) is 0 Å². The zero-order chi connectivity index (χ0) is 13.8. The van der Waals surface area contributed by atoms with Crippen molar-refractivity contribution in [3.8, 4) is 11.8 Å². The number of rotatable bonds is 2. The minimum absolute atomic E-state index is 0.0120. The standard InChI is InChI=1S/C14H16FN3O/c1-17-7-8-18(14(17)19)10-12-4-5-13(15)9-11(12)3-2-6-16/h4-5,9H,6-8,10,16H2,1H3. The summed E-state index contributed by atoms with van der Waals surface area (Å²) in [6.45, 7) is 2.06. The van der Waals surface area contributed by atoms with Crippen LogP contribution in [-0.2, 0) is 6.54 Å². The minimum Gasteiger partial charge on any atom is -0.326 e. The lowest BCUT2D eigenvalue weighted by Gasteiger charge is -2.17. The second kappa shape index (κ2) is 5.72. The van der Waals surface area contributed by atoms with Gasteiger partial charge in [0.1, 0.15) is 5.82 Å². The number of carbonyl (C=O) groups is 1. The van der Waals surface area contributed by atoms with Gasteiger partial charge in [-0.15, -0.1) is 0 Å². The molecule has 4 nitrogen and oxygen atoms in total. The summed E-state index contributed by atoms with van der Waals surface area (Å²) >= 11 is 0. The molecule has 1 aromatic carbocycles. The molecule has 0 bridgehead atoms. The SMILES string of the molecule is CN1CCN(Cc2ccc(F)cc2C#CCN)C1=O. The molecule has 2 amide bonds. The number of nitrogens with two attached hydrogens (primary N) is 1. The number of carbonyl (C=O) groups excluding carboxylic acids is 1. The zero-order valence-electron chi connectivity index (χ0n) is 10.8. The van der Waals surface area contributed by atoms with E-state index in [4.69, 9.17) is 5.73 Å². The molecule has 1 aliphatic heterocycles. The summed E-state index contributed by atoms with van der Waals surface area (Å²) in [7, 11) is 1.77. The van der Waals surface area contributed by atoms with Crippen molar-refractivity contribution in [3.05, 3.63) is 35.1 Å². The lowest BCUT2D eigenvalue weighted by molar-refractivity contribution is 0.197. The molecule has 1 saturated heterocycles. The number of benzene rings is 1. The Morgan fingerprint density at radius 1 is 1.42 bits per heavy atom. The van der Waals surface area contributed by atoms with E-state index in [0.29, 0.717) is 25.2 Å². The normalized spacial score (nSPS) is 14.6. The predicted octanol–water partition coefficient (Wildman–Crippen LogP) is 1.00. The van der Waals surface area contributed by atoms with E-state index in [1.54, 1.807) is 22.9 Å². The molecule has 0 radical (unpaired) electrons. The Balaban J connectivity index is 2.22. The van der Waals surface area contributed by atoms with Crippen molar-refractivity contribution in [1.29, 1.82) is 0 Å². The molecule has 1 aliphatic rings. The third-order valence-corrected chi connectivity index (χ3v) is 3.06. The van der Waals surface area contributed by atoms with Crippen LogP contribution in [0.1, 0.15) is 11.1 Å². The Hall–Kier alpha value is -2.06. The monoisotopic (exact) mass is 261 g/mol. The molecule has 5 heteroatoms. The van der Waals surface area contributed by atoms with Crippen LogP contribution in [0.5, 0.6) is 0 Å². The minimum atomic E-state index is -0.338. The van der Waals surface area contributed by atoms with Crippen molar-refractivity contribution in [2.24, 2.45) is 5.73 Å². The molecule has 0 aliphatic carbocycles. The summed E-state index contributed by atoms with van der Waals surface area (Å²) in [4.78, 5) is 15.2. The molecule has 0 aromatic heterocycles. The van der Waals surface area contributed by atoms with Gasteiger partial charge in [-0.1, -0.05) is 17.9 Å². The molecule has 0 saturated carbocycles. The van der Waals surface area contributed by atoms with Gasteiger partial charge in [-0.05, 0) is 17.7 Å².